The van der Waals surface area contributed by atoms with E-state index in [1.807, 2.05) is 0 Å². The second-order valence-corrected chi connectivity index (χ2v) is 7.25. The summed E-state index contributed by atoms with van der Waals surface area (Å²) in [5.74, 6) is 1.25. The number of rotatable bonds is 6. The van der Waals surface area contributed by atoms with Crippen LogP contribution in [0.25, 0.3) is 0 Å². The number of hydrogen-bond acceptors (Lipinski definition) is 10. The number of ether oxygens (including phenoxy) is 2. The van der Waals surface area contributed by atoms with Gasteiger partial charge in [0.25, 0.3) is 5.88 Å². The van der Waals surface area contributed by atoms with Gasteiger partial charge in [0, 0.05) is 25.2 Å². The van der Waals surface area contributed by atoms with E-state index in [1.165, 1.54) is 6.82 Å². The summed E-state index contributed by atoms with van der Waals surface area (Å²) >= 11 is 1.12. The quantitative estimate of drug-likeness (QED) is 0.491. The van der Waals surface area contributed by atoms with Crippen LogP contribution >= 0.6 is 11.7 Å². The van der Waals surface area contributed by atoms with E-state index in [-0.39, 0.29) is 12.1 Å². The Kier molecular flexibility index (Phi) is 9.61. The van der Waals surface area contributed by atoms with Crippen LogP contribution in [0.2, 0.25) is 6.82 Å². The maximum atomic E-state index is 9.95. The number of nitrogens with one attached hydrogen (secondary N) is 1. The first kappa shape index (κ1) is 22.1. The molecule has 0 amide bonds. The third-order valence-electron chi connectivity index (χ3n) is 3.03. The lowest BCUT2D eigenvalue weighted by molar-refractivity contribution is 0.0975. The summed E-state index contributed by atoms with van der Waals surface area (Å²) in [6.07, 6.45) is -0.580. The summed E-state index contributed by atoms with van der Waals surface area (Å²) in [4.78, 5) is 2.10. The monoisotopic (exact) mass is 376 g/mol. The average molecular weight is 376 g/mol. The van der Waals surface area contributed by atoms with E-state index in [2.05, 4.69) is 39.7 Å². The van der Waals surface area contributed by atoms with Crippen molar-refractivity contribution < 1.29 is 24.6 Å². The second-order valence-electron chi connectivity index (χ2n) is 6.72. The Balaban J connectivity index is 0.000000705. The van der Waals surface area contributed by atoms with Gasteiger partial charge in [0.15, 0.2) is 0 Å². The highest BCUT2D eigenvalue weighted by atomic mass is 32.1. The minimum atomic E-state index is -1.17. The molecule has 1 aromatic heterocycles. The zero-order valence-electron chi connectivity index (χ0n) is 15.3. The molecule has 2 heterocycles. The van der Waals surface area contributed by atoms with Crippen LogP contribution in [0, 0.1) is 0 Å². The standard InChI is InChI=1S/C13H24N4O3S.CH5BO2/c1-13(2,3)14-8-10(18)9-20-12-11(15-21-16-12)17-4-6-19-7-5-17;1-2(3)4/h10,14,18H,4-9H2,1-3H3;3-4H,1H3/t10-;/m0./s1. The lowest BCUT2D eigenvalue weighted by Gasteiger charge is -2.27. The molecule has 9 nitrogen and oxygen atoms in total. The van der Waals surface area contributed by atoms with Crippen LogP contribution in [0.1, 0.15) is 20.8 Å². The fourth-order valence-electron chi connectivity index (χ4n) is 1.89. The molecule has 4 N–H and O–H groups in total. The van der Waals surface area contributed by atoms with Gasteiger partial charge in [-0.25, -0.2) is 0 Å². The van der Waals surface area contributed by atoms with E-state index in [4.69, 9.17) is 19.5 Å². The Hall–Kier alpha value is -0.975. The number of nitrogens with zero attached hydrogens (tertiary/aromatic N) is 3. The molecule has 11 heteroatoms. The van der Waals surface area contributed by atoms with Crippen LogP contribution in [-0.4, -0.2) is 82.1 Å². The maximum absolute atomic E-state index is 9.95. The summed E-state index contributed by atoms with van der Waals surface area (Å²) < 4.78 is 19.4. The smallest absolute Gasteiger partial charge is 0.448 e. The van der Waals surface area contributed by atoms with Gasteiger partial charge >= 0.3 is 7.12 Å². The topological polar surface area (TPSA) is 120 Å². The number of morpholine rings is 1. The highest BCUT2D eigenvalue weighted by Gasteiger charge is 2.21. The number of anilines is 1. The molecule has 0 unspecified atom stereocenters. The second kappa shape index (κ2) is 10.9. The number of hydrogen-bond donors (Lipinski definition) is 4. The van der Waals surface area contributed by atoms with Crippen LogP contribution in [-0.2, 0) is 4.74 Å². The summed E-state index contributed by atoms with van der Waals surface area (Å²) in [5.41, 5.74) is -0.0257. The van der Waals surface area contributed by atoms with Crippen molar-refractivity contribution in [1.29, 1.82) is 0 Å². The molecule has 1 aromatic rings. The van der Waals surface area contributed by atoms with Gasteiger partial charge in [-0.15, -0.1) is 4.37 Å². The molecule has 1 saturated heterocycles. The maximum Gasteiger partial charge on any atom is 0.448 e. The van der Waals surface area contributed by atoms with E-state index >= 15 is 0 Å². The van der Waals surface area contributed by atoms with Crippen molar-refractivity contribution in [3.8, 4) is 5.88 Å². The SMILES string of the molecule is CB(O)O.CC(C)(C)NC[C@H](O)COc1nsnc1N1CCOCC1. The molecule has 1 aliphatic rings. The predicted molar refractivity (Wildman–Crippen MR) is 98.3 cm³/mol. The third kappa shape index (κ3) is 9.92. The minimum Gasteiger partial charge on any atom is -0.472 e. The van der Waals surface area contributed by atoms with Gasteiger partial charge in [-0.2, -0.15) is 4.37 Å². The van der Waals surface area contributed by atoms with Crippen molar-refractivity contribution in [1.82, 2.24) is 14.1 Å². The van der Waals surface area contributed by atoms with E-state index in [9.17, 15) is 5.11 Å². The fourth-order valence-corrected chi connectivity index (χ4v) is 2.41. The Bertz CT molecular complexity index is 477. The molecular formula is C14H29BN4O5S. The molecule has 0 spiro atoms. The molecule has 1 atom stereocenters. The van der Waals surface area contributed by atoms with Crippen LogP contribution in [0.5, 0.6) is 5.88 Å². The molecule has 0 radical (unpaired) electrons. The summed E-state index contributed by atoms with van der Waals surface area (Å²) in [7, 11) is -1.17. The average Bonchev–Trinajstić information content (AvgIpc) is 2.99. The lowest BCUT2D eigenvalue weighted by Crippen LogP contribution is -2.42. The molecule has 1 fully saturated rings. The molecule has 144 valence electrons. The van der Waals surface area contributed by atoms with Crippen LogP contribution in [0.3, 0.4) is 0 Å². The number of β-amino-alcohol motifs (C(OH)–C–C–N with tert-alkyl or cyclic N) is 1. The zero-order chi connectivity index (χ0) is 18.9. The Morgan fingerprint density at radius 2 is 1.92 bits per heavy atom. The molecule has 25 heavy (non-hydrogen) atoms. The largest absolute Gasteiger partial charge is 0.472 e. The van der Waals surface area contributed by atoms with Crippen LogP contribution in [0.15, 0.2) is 0 Å². The molecule has 0 aliphatic carbocycles. The summed E-state index contributed by atoms with van der Waals surface area (Å²) in [6, 6.07) is 0. The van der Waals surface area contributed by atoms with E-state index in [0.717, 1.165) is 30.6 Å². The summed E-state index contributed by atoms with van der Waals surface area (Å²) in [6.45, 7) is 11.1. The van der Waals surface area contributed by atoms with Crippen molar-refractivity contribution in [3.63, 3.8) is 0 Å². The zero-order valence-corrected chi connectivity index (χ0v) is 16.1. The van der Waals surface area contributed by atoms with Gasteiger partial charge in [0.2, 0.25) is 5.82 Å². The first-order valence-electron chi connectivity index (χ1n) is 8.26. The van der Waals surface area contributed by atoms with E-state index in [0.29, 0.717) is 25.6 Å². The van der Waals surface area contributed by atoms with Crippen molar-refractivity contribution in [2.24, 2.45) is 0 Å². The normalized spacial score (nSPS) is 16.0. The molecule has 0 saturated carbocycles. The van der Waals surface area contributed by atoms with Gasteiger partial charge in [0.05, 0.1) is 24.9 Å². The fraction of sp³-hybridized carbons (Fsp3) is 0.857. The van der Waals surface area contributed by atoms with Gasteiger partial charge in [-0.1, -0.05) is 0 Å². The minimum absolute atomic E-state index is 0.0257. The van der Waals surface area contributed by atoms with Crippen LogP contribution in [0.4, 0.5) is 5.82 Å². The molecular weight excluding hydrogens is 347 g/mol. The lowest BCUT2D eigenvalue weighted by atomic mass is 9.99. The number of aliphatic hydroxyl groups excluding tert-OH is 1. The van der Waals surface area contributed by atoms with E-state index in [1.54, 1.807) is 0 Å². The molecule has 2 rings (SSSR count). The Morgan fingerprint density at radius 3 is 2.48 bits per heavy atom. The first-order chi connectivity index (χ1) is 11.7. The predicted octanol–water partition coefficient (Wildman–Crippen LogP) is -0.408. The van der Waals surface area contributed by atoms with Crippen molar-refractivity contribution in [2.45, 2.75) is 39.2 Å². The number of aliphatic hydroxyl groups is 1. The molecule has 0 bridgehead atoms. The van der Waals surface area contributed by atoms with Crippen molar-refractivity contribution in [3.05, 3.63) is 0 Å². The summed E-state index contributed by atoms with van der Waals surface area (Å²) in [5, 5.41) is 28.4. The highest BCUT2D eigenvalue weighted by molar-refractivity contribution is 6.99. The number of aromatic nitrogens is 2. The Labute approximate surface area is 153 Å². The third-order valence-corrected chi connectivity index (χ3v) is 3.54. The van der Waals surface area contributed by atoms with Crippen molar-refractivity contribution in [2.75, 3.05) is 44.4 Å². The Morgan fingerprint density at radius 1 is 1.32 bits per heavy atom. The van der Waals surface area contributed by atoms with Gasteiger partial charge in [-0.05, 0) is 27.6 Å². The van der Waals surface area contributed by atoms with E-state index < -0.39 is 13.2 Å². The van der Waals surface area contributed by atoms with Crippen LogP contribution < -0.4 is 15.0 Å². The van der Waals surface area contributed by atoms with Gasteiger partial charge in [-0.3, -0.25) is 0 Å². The molecule has 1 aliphatic heterocycles. The first-order valence-corrected chi connectivity index (χ1v) is 8.99. The molecule has 0 aromatic carbocycles. The van der Waals surface area contributed by atoms with Crippen molar-refractivity contribution >= 4 is 24.7 Å². The van der Waals surface area contributed by atoms with Gasteiger partial charge < -0.3 is 34.8 Å². The van der Waals surface area contributed by atoms with Gasteiger partial charge in [0.1, 0.15) is 12.7 Å². The highest BCUT2D eigenvalue weighted by Crippen LogP contribution is 2.26.